The van der Waals surface area contributed by atoms with Gasteiger partial charge >= 0.3 is 12.6 Å². The number of hydrogen-bond donors (Lipinski definition) is 1. The van der Waals surface area contributed by atoms with Crippen LogP contribution in [0, 0.1) is 5.92 Å². The van der Waals surface area contributed by atoms with E-state index in [0.717, 1.165) is 18.4 Å². The molecule has 3 heterocycles. The quantitative estimate of drug-likeness (QED) is 0.210. The zero-order valence-electron chi connectivity index (χ0n) is 23.9. The van der Waals surface area contributed by atoms with Crippen LogP contribution in [0.4, 0.5) is 19.7 Å². The number of aliphatic carboxylic acids is 1. The molecular weight excluding hydrogens is 590 g/mol. The molecule has 1 saturated heterocycles. The second-order valence-corrected chi connectivity index (χ2v) is 11.2. The number of aromatic nitrogens is 2. The fourth-order valence-corrected chi connectivity index (χ4v) is 5.98. The first-order chi connectivity index (χ1) is 21.2. The Hall–Kier alpha value is -4.71. The lowest BCUT2D eigenvalue weighted by molar-refractivity contribution is -0.140. The Morgan fingerprint density at radius 3 is 2.57 bits per heavy atom. The Kier molecular flexibility index (Phi) is 9.59. The van der Waals surface area contributed by atoms with Crippen LogP contribution in [0.1, 0.15) is 31.2 Å². The summed E-state index contributed by atoms with van der Waals surface area (Å²) in [5.74, 6) is -1.81. The first-order valence-electron chi connectivity index (χ1n) is 14.0. The molecule has 2 aromatic carbocycles. The van der Waals surface area contributed by atoms with Crippen molar-refractivity contribution in [3.8, 4) is 28.1 Å². The number of halogens is 2. The van der Waals surface area contributed by atoms with Crippen molar-refractivity contribution < 1.29 is 33.0 Å². The van der Waals surface area contributed by atoms with Gasteiger partial charge in [0.15, 0.2) is 5.13 Å². The summed E-state index contributed by atoms with van der Waals surface area (Å²) in [6.45, 7) is -2.43. The summed E-state index contributed by atoms with van der Waals surface area (Å²) < 4.78 is 30.8. The van der Waals surface area contributed by atoms with Crippen molar-refractivity contribution in [2.45, 2.75) is 38.7 Å². The van der Waals surface area contributed by atoms with Crippen LogP contribution in [0.5, 0.6) is 5.75 Å². The van der Waals surface area contributed by atoms with E-state index in [1.807, 2.05) is 30.3 Å². The topological polar surface area (TPSA) is 113 Å². The number of piperidine rings is 1. The number of alkyl halides is 2. The fraction of sp³-hybridized carbons (Fsp3) is 0.281. The fourth-order valence-electron chi connectivity index (χ4n) is 5.18. The molecule has 2 aromatic heterocycles. The number of nitrogens with zero attached hydrogens (tertiary/aromatic N) is 4. The molecule has 0 saturated carbocycles. The van der Waals surface area contributed by atoms with Crippen LogP contribution >= 0.6 is 11.3 Å². The minimum absolute atomic E-state index is 0.0220. The van der Waals surface area contributed by atoms with Gasteiger partial charge in [-0.1, -0.05) is 30.3 Å². The van der Waals surface area contributed by atoms with Crippen LogP contribution in [0.3, 0.4) is 0 Å². The third-order valence-electron chi connectivity index (χ3n) is 7.36. The minimum Gasteiger partial charge on any atom is -0.481 e. The third-order valence-corrected chi connectivity index (χ3v) is 8.27. The molecule has 228 valence electrons. The summed E-state index contributed by atoms with van der Waals surface area (Å²) >= 11 is 1.17. The molecule has 1 aliphatic heterocycles. The Labute approximate surface area is 256 Å². The molecular formula is C32H30F2N4O5S. The SMILES string of the molecule is CN(C(=O)[C@@H](CC(=O)O)Cc1ccccc1)c1nc(-c2cc(OC(F)F)ccc2-c2ccc(N3CCCCC3=O)nc2)cs1. The molecule has 12 heteroatoms. The summed E-state index contributed by atoms with van der Waals surface area (Å²) in [4.78, 5) is 49.5. The lowest BCUT2D eigenvalue weighted by Gasteiger charge is -2.25. The maximum Gasteiger partial charge on any atom is 0.387 e. The Bertz CT molecular complexity index is 1630. The molecule has 2 amide bonds. The summed E-state index contributed by atoms with van der Waals surface area (Å²) in [7, 11) is 1.53. The van der Waals surface area contributed by atoms with Gasteiger partial charge in [0.1, 0.15) is 11.6 Å². The molecule has 5 rings (SSSR count). The highest BCUT2D eigenvalue weighted by atomic mass is 32.1. The second-order valence-electron chi connectivity index (χ2n) is 10.4. The summed E-state index contributed by atoms with van der Waals surface area (Å²) in [6.07, 6.45) is 3.75. The van der Waals surface area contributed by atoms with E-state index in [4.69, 9.17) is 0 Å². The highest BCUT2D eigenvalue weighted by molar-refractivity contribution is 7.14. The number of rotatable bonds is 11. The van der Waals surface area contributed by atoms with E-state index in [1.54, 1.807) is 34.7 Å². The van der Waals surface area contributed by atoms with Crippen LogP contribution in [-0.4, -0.2) is 53.1 Å². The van der Waals surface area contributed by atoms with Crippen molar-refractivity contribution in [3.05, 3.63) is 77.8 Å². The number of thiazole rings is 1. The van der Waals surface area contributed by atoms with Gasteiger partial charge in [0.25, 0.3) is 0 Å². The van der Waals surface area contributed by atoms with Gasteiger partial charge in [-0.05, 0) is 60.7 Å². The molecule has 1 atom stereocenters. The zero-order valence-corrected chi connectivity index (χ0v) is 24.7. The number of hydrogen-bond acceptors (Lipinski definition) is 7. The van der Waals surface area contributed by atoms with Crippen molar-refractivity contribution in [1.29, 1.82) is 0 Å². The van der Waals surface area contributed by atoms with Crippen LogP contribution in [-0.2, 0) is 20.8 Å². The van der Waals surface area contributed by atoms with Gasteiger partial charge in [-0.3, -0.25) is 24.2 Å². The number of anilines is 2. The molecule has 0 radical (unpaired) electrons. The van der Waals surface area contributed by atoms with Crippen molar-refractivity contribution in [1.82, 2.24) is 9.97 Å². The summed E-state index contributed by atoms with van der Waals surface area (Å²) in [5, 5.41) is 11.5. The molecule has 9 nitrogen and oxygen atoms in total. The van der Waals surface area contributed by atoms with Gasteiger partial charge in [0.05, 0.1) is 18.0 Å². The van der Waals surface area contributed by atoms with E-state index in [-0.39, 0.29) is 24.5 Å². The monoisotopic (exact) mass is 620 g/mol. The van der Waals surface area contributed by atoms with Gasteiger partial charge in [0.2, 0.25) is 11.8 Å². The maximum absolute atomic E-state index is 13.5. The van der Waals surface area contributed by atoms with Gasteiger partial charge in [-0.25, -0.2) is 9.97 Å². The Morgan fingerprint density at radius 2 is 1.89 bits per heavy atom. The summed E-state index contributed by atoms with van der Waals surface area (Å²) in [5.41, 5.74) is 3.02. The van der Waals surface area contributed by atoms with Crippen LogP contribution < -0.4 is 14.5 Å². The van der Waals surface area contributed by atoms with E-state index in [9.17, 15) is 28.3 Å². The normalized spacial score (nSPS) is 14.0. The van der Waals surface area contributed by atoms with Crippen LogP contribution in [0.25, 0.3) is 22.4 Å². The van der Waals surface area contributed by atoms with Gasteiger partial charge in [-0.15, -0.1) is 11.3 Å². The van der Waals surface area contributed by atoms with E-state index >= 15 is 0 Å². The van der Waals surface area contributed by atoms with E-state index in [2.05, 4.69) is 14.7 Å². The number of carbonyl (C=O) groups is 3. The van der Waals surface area contributed by atoms with E-state index in [1.165, 1.54) is 35.4 Å². The standard InChI is InChI=1S/C32H30F2N4O5S/c1-37(30(42)22(16-29(40)41)15-20-7-3-2-4-8-20)32-36-26(19-44-32)25-17-23(43-31(33)34)11-12-24(25)21-10-13-27(35-18-21)38-14-6-5-9-28(38)39/h2-4,7-8,10-13,17-19,22,31H,5-6,9,14-16H2,1H3,(H,40,41)/t22-/m1/s1. The number of benzene rings is 2. The first kappa shape index (κ1) is 30.7. The van der Waals surface area contributed by atoms with Crippen molar-refractivity contribution >= 4 is 40.1 Å². The number of pyridine rings is 1. The first-order valence-corrected chi connectivity index (χ1v) is 14.9. The van der Waals surface area contributed by atoms with Crippen molar-refractivity contribution in [3.63, 3.8) is 0 Å². The third kappa shape index (κ3) is 7.25. The minimum atomic E-state index is -3.03. The second kappa shape index (κ2) is 13.7. The Balaban J connectivity index is 1.44. The van der Waals surface area contributed by atoms with Crippen molar-refractivity contribution in [2.75, 3.05) is 23.4 Å². The molecule has 1 fully saturated rings. The van der Waals surface area contributed by atoms with Gasteiger partial charge in [0, 0.05) is 42.7 Å². The number of ether oxygens (including phenoxy) is 1. The highest BCUT2D eigenvalue weighted by Crippen LogP contribution is 2.38. The summed E-state index contributed by atoms with van der Waals surface area (Å²) in [6, 6.07) is 17.2. The Morgan fingerprint density at radius 1 is 1.09 bits per heavy atom. The molecule has 1 N–H and O–H groups in total. The largest absolute Gasteiger partial charge is 0.481 e. The number of carboxylic acid groups (broad SMARTS) is 1. The predicted octanol–water partition coefficient (Wildman–Crippen LogP) is 6.29. The average molecular weight is 621 g/mol. The average Bonchev–Trinajstić information content (AvgIpc) is 3.51. The molecule has 1 aliphatic rings. The molecule has 0 spiro atoms. The maximum atomic E-state index is 13.5. The van der Waals surface area contributed by atoms with Crippen molar-refractivity contribution in [2.24, 2.45) is 5.92 Å². The molecule has 0 aliphatic carbocycles. The lowest BCUT2D eigenvalue weighted by atomic mass is 9.95. The van der Waals surface area contributed by atoms with Gasteiger partial charge in [-0.2, -0.15) is 8.78 Å². The molecule has 0 bridgehead atoms. The number of carboxylic acids is 1. The van der Waals surface area contributed by atoms with E-state index in [0.29, 0.717) is 46.3 Å². The van der Waals surface area contributed by atoms with Crippen LogP contribution in [0.2, 0.25) is 0 Å². The molecule has 0 unspecified atom stereocenters. The zero-order chi connectivity index (χ0) is 31.2. The highest BCUT2D eigenvalue weighted by Gasteiger charge is 2.28. The lowest BCUT2D eigenvalue weighted by Crippen LogP contribution is -2.35. The number of carbonyl (C=O) groups excluding carboxylic acids is 2. The number of amides is 2. The molecule has 4 aromatic rings. The van der Waals surface area contributed by atoms with E-state index < -0.39 is 24.4 Å². The molecule has 44 heavy (non-hydrogen) atoms. The smallest absolute Gasteiger partial charge is 0.387 e. The van der Waals surface area contributed by atoms with Crippen LogP contribution in [0.15, 0.2) is 72.2 Å². The van der Waals surface area contributed by atoms with Gasteiger partial charge < -0.3 is 9.84 Å². The predicted molar refractivity (Wildman–Crippen MR) is 163 cm³/mol.